The first-order chi connectivity index (χ1) is 16.4. The van der Waals surface area contributed by atoms with Crippen LogP contribution in [0.3, 0.4) is 0 Å². The van der Waals surface area contributed by atoms with Gasteiger partial charge in [-0.2, -0.15) is 0 Å². The minimum Gasteiger partial charge on any atom is -0.497 e. The fourth-order valence-electron chi connectivity index (χ4n) is 4.01. The number of benzene rings is 3. The number of thiophene rings is 1. The Bertz CT molecular complexity index is 1350. The Kier molecular flexibility index (Phi) is 6.65. The van der Waals surface area contributed by atoms with Crippen LogP contribution in [-0.4, -0.2) is 41.3 Å². The van der Waals surface area contributed by atoms with Crippen LogP contribution < -0.4 is 23.7 Å². The zero-order valence-corrected chi connectivity index (χ0v) is 20.8. The van der Waals surface area contributed by atoms with Crippen LogP contribution in [-0.2, 0) is 0 Å². The Morgan fingerprint density at radius 3 is 1.97 bits per heavy atom. The maximum atomic E-state index is 14.0. The summed E-state index contributed by atoms with van der Waals surface area (Å²) in [6, 6.07) is 15.0. The van der Waals surface area contributed by atoms with Crippen LogP contribution >= 0.6 is 11.3 Å². The Morgan fingerprint density at radius 2 is 1.41 bits per heavy atom. The normalized spacial score (nSPS) is 10.8. The van der Waals surface area contributed by atoms with Crippen LogP contribution in [0.5, 0.6) is 28.7 Å². The van der Waals surface area contributed by atoms with Gasteiger partial charge in [-0.25, -0.2) is 0 Å². The molecule has 0 aliphatic carbocycles. The standard InChI is InChI=1S/C27H26O6S/c1-15-11-16(7-10-20(15)30-3)27-24(19-9-8-18(29-2)14-23(19)34-27)25(28)17-12-21(31-4)26(33-6)22(13-17)32-5/h7-14H,1-6H3. The molecule has 0 aliphatic rings. The van der Waals surface area contributed by atoms with Gasteiger partial charge in [-0.1, -0.05) is 0 Å². The smallest absolute Gasteiger partial charge is 0.203 e. The van der Waals surface area contributed by atoms with Gasteiger partial charge in [-0.3, -0.25) is 4.79 Å². The molecule has 0 atom stereocenters. The Labute approximate surface area is 202 Å². The molecule has 0 fully saturated rings. The zero-order valence-electron chi connectivity index (χ0n) is 20.0. The van der Waals surface area contributed by atoms with Gasteiger partial charge in [-0.15, -0.1) is 11.3 Å². The Balaban J connectivity index is 1.97. The minimum atomic E-state index is -0.140. The molecule has 0 aliphatic heterocycles. The van der Waals surface area contributed by atoms with Crippen LogP contribution in [0.15, 0.2) is 48.5 Å². The molecule has 0 N–H and O–H groups in total. The van der Waals surface area contributed by atoms with Crippen molar-refractivity contribution in [3.8, 4) is 39.2 Å². The van der Waals surface area contributed by atoms with Crippen molar-refractivity contribution in [3.05, 3.63) is 65.2 Å². The fourth-order valence-corrected chi connectivity index (χ4v) is 5.23. The van der Waals surface area contributed by atoms with Crippen LogP contribution in [0.25, 0.3) is 20.5 Å². The highest BCUT2D eigenvalue weighted by molar-refractivity contribution is 7.22. The molecule has 1 heterocycles. The first kappa shape index (κ1) is 23.4. The third-order valence-electron chi connectivity index (χ3n) is 5.71. The quantitative estimate of drug-likeness (QED) is 0.283. The second-order valence-corrected chi connectivity index (χ2v) is 8.65. The van der Waals surface area contributed by atoms with Crippen LogP contribution in [0.4, 0.5) is 0 Å². The van der Waals surface area contributed by atoms with Gasteiger partial charge in [0.2, 0.25) is 5.75 Å². The van der Waals surface area contributed by atoms with Crippen molar-refractivity contribution < 1.29 is 28.5 Å². The average molecular weight is 479 g/mol. The van der Waals surface area contributed by atoms with E-state index in [9.17, 15) is 4.79 Å². The van der Waals surface area contributed by atoms with Gasteiger partial charge in [0.1, 0.15) is 11.5 Å². The summed E-state index contributed by atoms with van der Waals surface area (Å²) in [6.07, 6.45) is 0. The van der Waals surface area contributed by atoms with Gasteiger partial charge in [0.25, 0.3) is 0 Å². The lowest BCUT2D eigenvalue weighted by atomic mass is 9.96. The first-order valence-corrected chi connectivity index (χ1v) is 11.4. The van der Waals surface area contributed by atoms with E-state index in [0.29, 0.717) is 28.4 Å². The van der Waals surface area contributed by atoms with Gasteiger partial charge in [0.05, 0.1) is 35.5 Å². The van der Waals surface area contributed by atoms with E-state index in [4.69, 9.17) is 23.7 Å². The molecule has 6 nitrogen and oxygen atoms in total. The SMILES string of the molecule is COc1ccc2c(C(=O)c3cc(OC)c(OC)c(OC)c3)c(-c3ccc(OC)c(C)c3)sc2c1. The molecule has 0 saturated carbocycles. The van der Waals surface area contributed by atoms with E-state index >= 15 is 0 Å². The average Bonchev–Trinajstić information content (AvgIpc) is 3.25. The summed E-state index contributed by atoms with van der Waals surface area (Å²) >= 11 is 1.55. The van der Waals surface area contributed by atoms with E-state index in [1.54, 1.807) is 37.7 Å². The highest BCUT2D eigenvalue weighted by Crippen LogP contribution is 2.44. The molecule has 1 aromatic heterocycles. The van der Waals surface area contributed by atoms with Gasteiger partial charge in [-0.05, 0) is 66.6 Å². The minimum absolute atomic E-state index is 0.140. The van der Waals surface area contributed by atoms with Gasteiger partial charge < -0.3 is 23.7 Å². The van der Waals surface area contributed by atoms with Crippen molar-refractivity contribution in [2.45, 2.75) is 6.92 Å². The predicted molar refractivity (Wildman–Crippen MR) is 135 cm³/mol. The lowest BCUT2D eigenvalue weighted by molar-refractivity contribution is 0.104. The second-order valence-electron chi connectivity index (χ2n) is 7.60. The maximum absolute atomic E-state index is 14.0. The van der Waals surface area contributed by atoms with E-state index in [-0.39, 0.29) is 5.78 Å². The topological polar surface area (TPSA) is 63.2 Å². The number of ketones is 1. The molecular formula is C27H26O6S. The molecule has 0 unspecified atom stereocenters. The summed E-state index contributed by atoms with van der Waals surface area (Å²) in [6.45, 7) is 1.99. The third kappa shape index (κ3) is 4.03. The summed E-state index contributed by atoms with van der Waals surface area (Å²) in [5.74, 6) is 2.68. The number of aryl methyl sites for hydroxylation is 1. The molecule has 176 valence electrons. The van der Waals surface area contributed by atoms with E-state index in [1.807, 2.05) is 43.3 Å². The summed E-state index contributed by atoms with van der Waals surface area (Å²) in [5, 5.41) is 0.855. The number of carbonyl (C=O) groups excluding carboxylic acids is 1. The number of carbonyl (C=O) groups is 1. The number of hydrogen-bond acceptors (Lipinski definition) is 7. The van der Waals surface area contributed by atoms with Crippen molar-refractivity contribution in [3.63, 3.8) is 0 Å². The van der Waals surface area contributed by atoms with Crippen molar-refractivity contribution >= 4 is 27.2 Å². The van der Waals surface area contributed by atoms with E-state index < -0.39 is 0 Å². The third-order valence-corrected chi connectivity index (χ3v) is 6.91. The molecular weight excluding hydrogens is 452 g/mol. The zero-order chi connectivity index (χ0) is 24.4. The van der Waals surface area contributed by atoms with Crippen LogP contribution in [0.2, 0.25) is 0 Å². The number of methoxy groups -OCH3 is 5. The van der Waals surface area contributed by atoms with Crippen LogP contribution in [0.1, 0.15) is 21.5 Å². The van der Waals surface area contributed by atoms with Crippen molar-refractivity contribution in [1.82, 2.24) is 0 Å². The Morgan fingerprint density at radius 1 is 0.735 bits per heavy atom. The van der Waals surface area contributed by atoms with E-state index in [1.165, 1.54) is 21.3 Å². The molecule has 0 amide bonds. The second kappa shape index (κ2) is 9.65. The van der Waals surface area contributed by atoms with Gasteiger partial charge in [0, 0.05) is 26.1 Å². The molecule has 0 saturated heterocycles. The monoisotopic (exact) mass is 478 g/mol. The number of hydrogen-bond donors (Lipinski definition) is 0. The van der Waals surface area contributed by atoms with Crippen molar-refractivity contribution in [2.24, 2.45) is 0 Å². The van der Waals surface area contributed by atoms with E-state index in [0.717, 1.165) is 37.6 Å². The molecule has 7 heteroatoms. The summed E-state index contributed by atoms with van der Waals surface area (Å²) in [7, 11) is 7.87. The molecule has 4 rings (SSSR count). The van der Waals surface area contributed by atoms with Crippen LogP contribution in [0, 0.1) is 6.92 Å². The first-order valence-electron chi connectivity index (χ1n) is 10.6. The molecule has 4 aromatic rings. The number of fused-ring (bicyclic) bond motifs is 1. The maximum Gasteiger partial charge on any atom is 0.203 e. The van der Waals surface area contributed by atoms with Crippen molar-refractivity contribution in [1.29, 1.82) is 0 Å². The molecule has 0 radical (unpaired) electrons. The van der Waals surface area contributed by atoms with E-state index in [2.05, 4.69) is 0 Å². The summed E-state index contributed by atoms with van der Waals surface area (Å²) in [4.78, 5) is 14.9. The summed E-state index contributed by atoms with van der Waals surface area (Å²) < 4.78 is 28.2. The molecule has 0 spiro atoms. The number of ether oxygens (including phenoxy) is 5. The number of rotatable bonds is 8. The largest absolute Gasteiger partial charge is 0.497 e. The Hall–Kier alpha value is -3.71. The molecule has 0 bridgehead atoms. The fraction of sp³-hybridized carbons (Fsp3) is 0.222. The van der Waals surface area contributed by atoms with Gasteiger partial charge in [0.15, 0.2) is 17.3 Å². The predicted octanol–water partition coefficient (Wildman–Crippen LogP) is 6.15. The highest BCUT2D eigenvalue weighted by Gasteiger charge is 2.25. The van der Waals surface area contributed by atoms with Gasteiger partial charge >= 0.3 is 0 Å². The lowest BCUT2D eigenvalue weighted by Crippen LogP contribution is -2.05. The molecule has 34 heavy (non-hydrogen) atoms. The summed E-state index contributed by atoms with van der Waals surface area (Å²) in [5.41, 5.74) is 2.98. The highest BCUT2D eigenvalue weighted by atomic mass is 32.1. The lowest BCUT2D eigenvalue weighted by Gasteiger charge is -2.14. The van der Waals surface area contributed by atoms with Crippen molar-refractivity contribution in [2.75, 3.05) is 35.5 Å². The molecule has 3 aromatic carbocycles.